The van der Waals surface area contributed by atoms with E-state index in [2.05, 4.69) is 188 Å². The van der Waals surface area contributed by atoms with Crippen molar-refractivity contribution in [2.45, 2.75) is 0 Å². The number of aromatic nitrogens is 2. The van der Waals surface area contributed by atoms with Gasteiger partial charge in [-0.05, 0) is 67.9 Å². The monoisotopic (exact) mass is 700 g/mol. The Hall–Kier alpha value is -7.36. The van der Waals surface area contributed by atoms with Crippen LogP contribution in [0.4, 0.5) is 0 Å². The van der Waals surface area contributed by atoms with Gasteiger partial charge in [-0.25, -0.2) is 9.97 Å². The largest absolute Gasteiger partial charge is 0.455 e. The molecule has 0 unspecified atom stereocenters. The van der Waals surface area contributed by atoms with Gasteiger partial charge in [-0.15, -0.1) is 0 Å². The lowest BCUT2D eigenvalue weighted by atomic mass is 9.95. The average Bonchev–Trinajstić information content (AvgIpc) is 3.65. The van der Waals surface area contributed by atoms with Gasteiger partial charge in [-0.3, -0.25) is 0 Å². The quantitative estimate of drug-likeness (QED) is 0.179. The van der Waals surface area contributed by atoms with E-state index in [9.17, 15) is 0 Å². The molecule has 0 saturated heterocycles. The highest BCUT2D eigenvalue weighted by Crippen LogP contribution is 2.44. The summed E-state index contributed by atoms with van der Waals surface area (Å²) in [6, 6.07) is 68.5. The Morgan fingerprint density at radius 1 is 0.291 bits per heavy atom. The average molecular weight is 701 g/mol. The Bertz CT molecular complexity index is 3250. The maximum absolute atomic E-state index is 6.93. The number of fused-ring (bicyclic) bond motifs is 7. The van der Waals surface area contributed by atoms with Gasteiger partial charge in [0.05, 0.1) is 11.4 Å². The third-order valence-electron chi connectivity index (χ3n) is 10.9. The number of para-hydroxylation sites is 1. The van der Waals surface area contributed by atoms with Crippen LogP contribution in [0.5, 0.6) is 0 Å². The van der Waals surface area contributed by atoms with E-state index < -0.39 is 0 Å². The summed E-state index contributed by atoms with van der Waals surface area (Å²) >= 11 is 0. The number of furan rings is 1. The molecule has 0 radical (unpaired) electrons. The van der Waals surface area contributed by atoms with Crippen LogP contribution in [0.1, 0.15) is 0 Å². The summed E-state index contributed by atoms with van der Waals surface area (Å²) in [4.78, 5) is 10.6. The molecular weight excluding hydrogens is 669 g/mol. The van der Waals surface area contributed by atoms with Gasteiger partial charge in [0.25, 0.3) is 0 Å². The van der Waals surface area contributed by atoms with Crippen molar-refractivity contribution in [2.75, 3.05) is 0 Å². The topological polar surface area (TPSA) is 38.9 Å². The van der Waals surface area contributed by atoms with Crippen molar-refractivity contribution in [2.24, 2.45) is 0 Å². The van der Waals surface area contributed by atoms with E-state index in [-0.39, 0.29) is 0 Å². The van der Waals surface area contributed by atoms with Crippen LogP contribution in [0.3, 0.4) is 0 Å². The minimum atomic E-state index is 0.683. The van der Waals surface area contributed by atoms with E-state index in [1.165, 1.54) is 27.3 Å². The molecule has 0 saturated carbocycles. The second kappa shape index (κ2) is 12.6. The number of hydrogen-bond donors (Lipinski definition) is 0. The summed E-state index contributed by atoms with van der Waals surface area (Å²) in [5.41, 5.74) is 11.2. The Labute approximate surface area is 317 Å². The van der Waals surface area contributed by atoms with Crippen molar-refractivity contribution >= 4 is 54.3 Å². The summed E-state index contributed by atoms with van der Waals surface area (Å²) < 4.78 is 6.93. The Morgan fingerprint density at radius 3 is 1.73 bits per heavy atom. The summed E-state index contributed by atoms with van der Waals surface area (Å²) in [5.74, 6) is 0.683. The molecule has 3 nitrogen and oxygen atoms in total. The summed E-state index contributed by atoms with van der Waals surface area (Å²) in [6.45, 7) is 0. The Morgan fingerprint density at radius 2 is 0.891 bits per heavy atom. The van der Waals surface area contributed by atoms with E-state index in [0.29, 0.717) is 5.82 Å². The van der Waals surface area contributed by atoms with Gasteiger partial charge in [-0.1, -0.05) is 170 Å². The summed E-state index contributed by atoms with van der Waals surface area (Å²) in [7, 11) is 0. The number of rotatable bonds is 5. The highest BCUT2D eigenvalue weighted by atomic mass is 16.3. The first-order chi connectivity index (χ1) is 27.2. The lowest BCUT2D eigenvalue weighted by molar-refractivity contribution is 0.674. The van der Waals surface area contributed by atoms with Gasteiger partial charge in [0, 0.05) is 38.4 Å². The van der Waals surface area contributed by atoms with Crippen LogP contribution in [-0.4, -0.2) is 9.97 Å². The molecule has 2 aromatic heterocycles. The normalized spacial score (nSPS) is 11.6. The van der Waals surface area contributed by atoms with Gasteiger partial charge in [0.1, 0.15) is 11.2 Å². The number of hydrogen-bond acceptors (Lipinski definition) is 3. The van der Waals surface area contributed by atoms with Crippen LogP contribution in [0.15, 0.2) is 199 Å². The first-order valence-corrected chi connectivity index (χ1v) is 18.6. The number of benzene rings is 9. The molecule has 256 valence electrons. The highest BCUT2D eigenvalue weighted by molar-refractivity contribution is 6.21. The van der Waals surface area contributed by atoms with Crippen molar-refractivity contribution in [1.29, 1.82) is 0 Å². The van der Waals surface area contributed by atoms with Gasteiger partial charge < -0.3 is 4.42 Å². The van der Waals surface area contributed by atoms with Crippen molar-refractivity contribution in [3.05, 3.63) is 194 Å². The Kier molecular flexibility index (Phi) is 7.17. The standard InChI is InChI=1S/C52H32N2O/c1-3-13-33(14-4-1)37-27-25-34-26-28-38(30-39(34)29-37)52-53-48(36-16-5-2-6-17-36)32-49(54-52)46-31-47-45-24-12-23-44(41-22-11-18-35-15-7-8-19-40(35)41)50(45)55-51(47)43-21-10-9-20-42(43)46/h1-32H. The van der Waals surface area contributed by atoms with Gasteiger partial charge in [0.2, 0.25) is 0 Å². The fraction of sp³-hybridized carbons (Fsp3) is 0. The SMILES string of the molecule is c1ccc(-c2ccc3ccc(-c4nc(-c5ccccc5)cc(-c5cc6c7cccc(-c8cccc9ccccc89)c7oc6c6ccccc56)n4)cc3c2)cc1. The molecule has 11 rings (SSSR count). The summed E-state index contributed by atoms with van der Waals surface area (Å²) in [6.07, 6.45) is 0. The third kappa shape index (κ3) is 5.28. The van der Waals surface area contributed by atoms with Gasteiger partial charge in [-0.2, -0.15) is 0 Å². The van der Waals surface area contributed by atoms with E-state index in [1.54, 1.807) is 0 Å². The predicted octanol–water partition coefficient (Wildman–Crippen LogP) is 14.2. The molecule has 0 N–H and O–H groups in total. The molecule has 9 aromatic carbocycles. The zero-order valence-corrected chi connectivity index (χ0v) is 29.8. The molecule has 0 spiro atoms. The maximum atomic E-state index is 6.93. The van der Waals surface area contributed by atoms with Crippen molar-refractivity contribution < 1.29 is 4.42 Å². The molecule has 0 aliphatic carbocycles. The van der Waals surface area contributed by atoms with Crippen LogP contribution >= 0.6 is 0 Å². The molecule has 0 atom stereocenters. The second-order valence-corrected chi connectivity index (χ2v) is 14.1. The van der Waals surface area contributed by atoms with Crippen LogP contribution in [-0.2, 0) is 0 Å². The van der Waals surface area contributed by atoms with Crippen molar-refractivity contribution in [1.82, 2.24) is 9.97 Å². The molecule has 2 heterocycles. The van der Waals surface area contributed by atoms with Crippen LogP contribution < -0.4 is 0 Å². The minimum Gasteiger partial charge on any atom is -0.455 e. The maximum Gasteiger partial charge on any atom is 0.160 e. The molecule has 55 heavy (non-hydrogen) atoms. The number of nitrogens with zero attached hydrogens (tertiary/aromatic N) is 2. The van der Waals surface area contributed by atoms with Crippen LogP contribution in [0.2, 0.25) is 0 Å². The molecule has 3 heteroatoms. The minimum absolute atomic E-state index is 0.683. The molecule has 0 aliphatic rings. The fourth-order valence-corrected chi connectivity index (χ4v) is 8.17. The first kappa shape index (κ1) is 31.2. The molecule has 0 aliphatic heterocycles. The first-order valence-electron chi connectivity index (χ1n) is 18.6. The van der Waals surface area contributed by atoms with Crippen LogP contribution in [0, 0.1) is 0 Å². The van der Waals surface area contributed by atoms with Crippen LogP contribution in [0.25, 0.3) is 110 Å². The highest BCUT2D eigenvalue weighted by Gasteiger charge is 2.20. The molecular formula is C52H32N2O. The zero-order valence-electron chi connectivity index (χ0n) is 29.8. The second-order valence-electron chi connectivity index (χ2n) is 14.1. The van der Waals surface area contributed by atoms with Crippen molar-refractivity contribution in [3.8, 4) is 56.2 Å². The molecule has 11 aromatic rings. The van der Waals surface area contributed by atoms with E-state index >= 15 is 0 Å². The fourth-order valence-electron chi connectivity index (χ4n) is 8.17. The smallest absolute Gasteiger partial charge is 0.160 e. The zero-order chi connectivity index (χ0) is 36.3. The van der Waals surface area contributed by atoms with Crippen molar-refractivity contribution in [3.63, 3.8) is 0 Å². The third-order valence-corrected chi connectivity index (χ3v) is 10.9. The van der Waals surface area contributed by atoms with E-state index in [4.69, 9.17) is 14.4 Å². The van der Waals surface area contributed by atoms with Gasteiger partial charge in [0.15, 0.2) is 5.82 Å². The van der Waals surface area contributed by atoms with E-state index in [0.717, 1.165) is 77.3 Å². The molecule has 0 fully saturated rings. The predicted molar refractivity (Wildman–Crippen MR) is 229 cm³/mol. The lowest BCUT2D eigenvalue weighted by Gasteiger charge is -2.12. The van der Waals surface area contributed by atoms with Gasteiger partial charge >= 0.3 is 0 Å². The Balaban J connectivity index is 1.14. The molecule has 0 amide bonds. The van der Waals surface area contributed by atoms with E-state index in [1.807, 2.05) is 6.07 Å². The lowest BCUT2D eigenvalue weighted by Crippen LogP contribution is -1.96. The molecule has 0 bridgehead atoms. The summed E-state index contributed by atoms with van der Waals surface area (Å²) in [5, 5.41) is 9.00.